The molecule has 0 saturated carbocycles. The van der Waals surface area contributed by atoms with Crippen LogP contribution in [-0.2, 0) is 9.59 Å². The lowest BCUT2D eigenvalue weighted by atomic mass is 9.97. The van der Waals surface area contributed by atoms with E-state index in [2.05, 4.69) is 11.0 Å². The molecule has 7 heteroatoms. The monoisotopic (exact) mass is 421 g/mol. The molecule has 0 aliphatic carbocycles. The van der Waals surface area contributed by atoms with Gasteiger partial charge in [0.1, 0.15) is 5.75 Å². The van der Waals surface area contributed by atoms with Crippen molar-refractivity contribution in [1.29, 1.82) is 0 Å². The lowest BCUT2D eigenvalue weighted by molar-refractivity contribution is -0.123. The molecule has 0 bridgehead atoms. The van der Waals surface area contributed by atoms with Crippen LogP contribution in [0.2, 0.25) is 0 Å². The summed E-state index contributed by atoms with van der Waals surface area (Å²) in [4.78, 5) is 34.3. The van der Waals surface area contributed by atoms with Crippen LogP contribution in [0.4, 0.5) is 5.69 Å². The number of imide groups is 1. The molecular weight excluding hydrogens is 398 g/mol. The zero-order valence-corrected chi connectivity index (χ0v) is 17.6. The number of fused-ring (bicyclic) bond motifs is 1. The van der Waals surface area contributed by atoms with Crippen molar-refractivity contribution in [3.8, 4) is 5.75 Å². The van der Waals surface area contributed by atoms with Crippen molar-refractivity contribution in [2.24, 2.45) is 0 Å². The number of benzene rings is 2. The molecule has 2 atom stereocenters. The lowest BCUT2D eigenvalue weighted by Gasteiger charge is -2.34. The largest absolute Gasteiger partial charge is 0.497 e. The molecule has 3 aromatic rings. The number of carbonyl (C=O) groups excluding carboxylic acids is 2. The highest BCUT2D eigenvalue weighted by atomic mass is 32.1. The number of aromatic nitrogens is 1. The number of piperidine rings is 1. The van der Waals surface area contributed by atoms with E-state index in [1.807, 2.05) is 18.2 Å². The van der Waals surface area contributed by atoms with Gasteiger partial charge in [-0.3, -0.25) is 14.5 Å². The molecule has 0 N–H and O–H groups in total. The van der Waals surface area contributed by atoms with Crippen molar-refractivity contribution in [1.82, 2.24) is 9.88 Å². The van der Waals surface area contributed by atoms with E-state index in [0.29, 0.717) is 17.4 Å². The van der Waals surface area contributed by atoms with Gasteiger partial charge in [-0.2, -0.15) is 0 Å². The van der Waals surface area contributed by atoms with Gasteiger partial charge in [-0.1, -0.05) is 18.2 Å². The number of carbonyl (C=O) groups is 2. The lowest BCUT2D eigenvalue weighted by Crippen LogP contribution is -2.46. The van der Waals surface area contributed by atoms with Crippen molar-refractivity contribution in [3.05, 3.63) is 53.5 Å². The summed E-state index contributed by atoms with van der Waals surface area (Å²) in [6, 6.07) is 14.9. The van der Waals surface area contributed by atoms with Crippen LogP contribution in [-0.4, -0.2) is 47.9 Å². The minimum atomic E-state index is -0.402. The number of hydrogen-bond acceptors (Lipinski definition) is 6. The van der Waals surface area contributed by atoms with Gasteiger partial charge in [-0.25, -0.2) is 9.88 Å². The second-order valence-corrected chi connectivity index (χ2v) is 8.90. The minimum Gasteiger partial charge on any atom is -0.497 e. The maximum Gasteiger partial charge on any atom is 0.251 e. The summed E-state index contributed by atoms with van der Waals surface area (Å²) in [5.41, 5.74) is 1.61. The Labute approximate surface area is 179 Å². The number of ether oxygens (including phenoxy) is 1. The fourth-order valence-corrected chi connectivity index (χ4v) is 5.57. The molecule has 0 radical (unpaired) electrons. The number of rotatable bonds is 4. The Morgan fingerprint density at radius 3 is 2.83 bits per heavy atom. The van der Waals surface area contributed by atoms with E-state index in [4.69, 9.17) is 9.72 Å². The number of thiazole rings is 1. The van der Waals surface area contributed by atoms with Crippen molar-refractivity contribution in [3.63, 3.8) is 0 Å². The predicted molar refractivity (Wildman–Crippen MR) is 117 cm³/mol. The summed E-state index contributed by atoms with van der Waals surface area (Å²) in [6.45, 7) is 1.59. The predicted octanol–water partition coefficient (Wildman–Crippen LogP) is 3.82. The summed E-state index contributed by atoms with van der Waals surface area (Å²) >= 11 is 1.74. The molecule has 2 aromatic carbocycles. The fourth-order valence-electron chi connectivity index (χ4n) is 4.48. The first-order chi connectivity index (χ1) is 14.6. The second kappa shape index (κ2) is 7.81. The molecule has 2 saturated heterocycles. The van der Waals surface area contributed by atoms with Gasteiger partial charge in [0.25, 0.3) is 5.91 Å². The smallest absolute Gasteiger partial charge is 0.251 e. The third-order valence-corrected chi connectivity index (χ3v) is 7.19. The van der Waals surface area contributed by atoms with Gasteiger partial charge in [0, 0.05) is 18.5 Å². The Kier molecular flexibility index (Phi) is 5.00. The van der Waals surface area contributed by atoms with Gasteiger partial charge in [0.05, 0.1) is 40.5 Å². The standard InChI is InChI=1S/C23H23N3O3S/c1-29-17-8-4-7-16(12-17)26-21(27)13-19(23(26)28)25-11-5-6-15(14-25)22-24-18-9-2-3-10-20(18)30-22/h2-4,7-10,12,15,19H,5-6,11,13-14H2,1H3/t15-,19+/m0/s1. The second-order valence-electron chi connectivity index (χ2n) is 7.84. The van der Waals surface area contributed by atoms with Gasteiger partial charge in [-0.05, 0) is 43.7 Å². The fraction of sp³-hybridized carbons (Fsp3) is 0.348. The van der Waals surface area contributed by atoms with Crippen LogP contribution in [0, 0.1) is 0 Å². The number of amides is 2. The summed E-state index contributed by atoms with van der Waals surface area (Å²) in [6.07, 6.45) is 2.28. The number of likely N-dealkylation sites (tertiary alicyclic amines) is 1. The summed E-state index contributed by atoms with van der Waals surface area (Å²) < 4.78 is 6.45. The number of para-hydroxylation sites is 1. The average Bonchev–Trinajstić information content (AvgIpc) is 3.34. The van der Waals surface area contributed by atoms with Crippen LogP contribution in [0.1, 0.15) is 30.2 Å². The van der Waals surface area contributed by atoms with Gasteiger partial charge in [-0.15, -0.1) is 11.3 Å². The zero-order chi connectivity index (χ0) is 20.7. The maximum atomic E-state index is 13.2. The third kappa shape index (κ3) is 3.38. The Morgan fingerprint density at radius 1 is 1.13 bits per heavy atom. The molecule has 0 spiro atoms. The van der Waals surface area contributed by atoms with E-state index in [-0.39, 0.29) is 18.2 Å². The molecule has 0 unspecified atom stereocenters. The van der Waals surface area contributed by atoms with Crippen molar-refractivity contribution in [2.45, 2.75) is 31.2 Å². The normalized spacial score (nSPS) is 22.8. The summed E-state index contributed by atoms with van der Waals surface area (Å²) in [5.74, 6) is 0.633. The number of methoxy groups -OCH3 is 1. The Balaban J connectivity index is 1.36. The van der Waals surface area contributed by atoms with Crippen LogP contribution in [0.5, 0.6) is 5.75 Å². The van der Waals surface area contributed by atoms with Crippen molar-refractivity contribution >= 4 is 39.1 Å². The number of nitrogens with zero attached hydrogens (tertiary/aromatic N) is 3. The van der Waals surface area contributed by atoms with Crippen LogP contribution >= 0.6 is 11.3 Å². The molecule has 3 heterocycles. The van der Waals surface area contributed by atoms with E-state index >= 15 is 0 Å². The average molecular weight is 422 g/mol. The van der Waals surface area contributed by atoms with Crippen LogP contribution < -0.4 is 9.64 Å². The Morgan fingerprint density at radius 2 is 2.00 bits per heavy atom. The highest BCUT2D eigenvalue weighted by molar-refractivity contribution is 7.18. The van der Waals surface area contributed by atoms with E-state index in [1.54, 1.807) is 42.7 Å². The van der Waals surface area contributed by atoms with Gasteiger partial charge in [0.15, 0.2) is 0 Å². The molecule has 2 amide bonds. The zero-order valence-electron chi connectivity index (χ0n) is 16.8. The van der Waals surface area contributed by atoms with Crippen molar-refractivity contribution < 1.29 is 14.3 Å². The molecule has 30 heavy (non-hydrogen) atoms. The molecule has 2 aliphatic rings. The molecule has 1 aromatic heterocycles. The number of hydrogen-bond donors (Lipinski definition) is 0. The van der Waals surface area contributed by atoms with E-state index in [1.165, 1.54) is 9.60 Å². The maximum absolute atomic E-state index is 13.2. The number of anilines is 1. The van der Waals surface area contributed by atoms with Gasteiger partial charge >= 0.3 is 0 Å². The van der Waals surface area contributed by atoms with E-state index in [0.717, 1.165) is 36.5 Å². The van der Waals surface area contributed by atoms with E-state index in [9.17, 15) is 9.59 Å². The Bertz CT molecular complexity index is 1080. The van der Waals surface area contributed by atoms with Gasteiger partial charge < -0.3 is 4.74 Å². The van der Waals surface area contributed by atoms with Crippen molar-refractivity contribution in [2.75, 3.05) is 25.1 Å². The molecule has 6 nitrogen and oxygen atoms in total. The molecule has 5 rings (SSSR count). The molecular formula is C23H23N3O3S. The molecule has 154 valence electrons. The Hall–Kier alpha value is -2.77. The van der Waals surface area contributed by atoms with E-state index < -0.39 is 6.04 Å². The molecule has 2 fully saturated rings. The van der Waals surface area contributed by atoms with Crippen LogP contribution in [0.15, 0.2) is 48.5 Å². The minimum absolute atomic E-state index is 0.141. The third-order valence-electron chi connectivity index (χ3n) is 5.99. The SMILES string of the molecule is COc1cccc(N2C(=O)C[C@@H](N3CCC[C@H](c4nc5ccccc5s4)C3)C2=O)c1. The summed E-state index contributed by atoms with van der Waals surface area (Å²) in [5, 5.41) is 1.13. The highest BCUT2D eigenvalue weighted by Gasteiger charge is 2.44. The van der Waals surface area contributed by atoms with Crippen LogP contribution in [0.25, 0.3) is 10.2 Å². The first kappa shape index (κ1) is 19.2. The first-order valence-electron chi connectivity index (χ1n) is 10.2. The first-order valence-corrected chi connectivity index (χ1v) is 11.1. The topological polar surface area (TPSA) is 62.7 Å². The van der Waals surface area contributed by atoms with Crippen LogP contribution in [0.3, 0.4) is 0 Å². The molecule has 2 aliphatic heterocycles. The van der Waals surface area contributed by atoms with Gasteiger partial charge in [0.2, 0.25) is 5.91 Å². The summed E-state index contributed by atoms with van der Waals surface area (Å²) in [7, 11) is 1.57. The highest BCUT2D eigenvalue weighted by Crippen LogP contribution is 2.35. The quantitative estimate of drug-likeness (QED) is 0.600.